The third kappa shape index (κ3) is 2.90. The lowest BCUT2D eigenvalue weighted by atomic mass is 10.0. The number of hydrogen-bond acceptors (Lipinski definition) is 3. The number of anilines is 1. The summed E-state index contributed by atoms with van der Waals surface area (Å²) in [5.41, 5.74) is 9.37. The van der Waals surface area contributed by atoms with Crippen molar-refractivity contribution in [1.82, 2.24) is 0 Å². The third-order valence-corrected chi connectivity index (χ3v) is 2.00. The molecule has 0 aromatic heterocycles. The number of hydrogen-bond donors (Lipinski definition) is 3. The molecule has 5 N–H and O–H groups in total. The van der Waals surface area contributed by atoms with Crippen LogP contribution in [0.4, 0.5) is 5.69 Å². The Labute approximate surface area is 89.0 Å². The summed E-state index contributed by atoms with van der Waals surface area (Å²) in [6.45, 7) is 1.77. The van der Waals surface area contributed by atoms with Gasteiger partial charge in [-0.15, -0.1) is 12.4 Å². The average Bonchev–Trinajstić information content (AvgIpc) is 2.17. The molecule has 0 fully saturated rings. The molecule has 1 aromatic carbocycles. The number of rotatable bonds is 3. The minimum absolute atomic E-state index is 0. The number of carbonyl (C=O) groups excluding carboxylic acids is 1. The SMILES string of the molecule is CC(C(N)=O)c1ccc(NN)cc1.Cl. The molecule has 1 unspecified atom stereocenters. The first-order valence-corrected chi connectivity index (χ1v) is 4.01. The van der Waals surface area contributed by atoms with Crippen LogP contribution in [-0.2, 0) is 4.79 Å². The quantitative estimate of drug-likeness (QED) is 0.520. The van der Waals surface area contributed by atoms with Gasteiger partial charge in [0.25, 0.3) is 0 Å². The van der Waals surface area contributed by atoms with Gasteiger partial charge in [-0.25, -0.2) is 0 Å². The van der Waals surface area contributed by atoms with Crippen molar-refractivity contribution in [2.45, 2.75) is 12.8 Å². The van der Waals surface area contributed by atoms with E-state index in [0.29, 0.717) is 0 Å². The number of halogens is 1. The van der Waals surface area contributed by atoms with Crippen LogP contribution in [0.5, 0.6) is 0 Å². The molecule has 0 bridgehead atoms. The number of amides is 1. The standard InChI is InChI=1S/C9H13N3O.ClH/c1-6(9(10)13)7-2-4-8(12-11)5-3-7;/h2-6,12H,11H2,1H3,(H2,10,13);1H. The van der Waals surface area contributed by atoms with Crippen LogP contribution in [0.3, 0.4) is 0 Å². The lowest BCUT2D eigenvalue weighted by molar-refractivity contribution is -0.119. The maximum absolute atomic E-state index is 10.8. The Kier molecular flexibility index (Phi) is 4.97. The lowest BCUT2D eigenvalue weighted by Gasteiger charge is -2.07. The molecule has 14 heavy (non-hydrogen) atoms. The first-order valence-electron chi connectivity index (χ1n) is 4.01. The van der Waals surface area contributed by atoms with Gasteiger partial charge in [0.2, 0.25) is 5.91 Å². The van der Waals surface area contributed by atoms with Crippen molar-refractivity contribution in [3.05, 3.63) is 29.8 Å². The first kappa shape index (κ1) is 12.7. The number of carbonyl (C=O) groups is 1. The summed E-state index contributed by atoms with van der Waals surface area (Å²) in [5.74, 6) is 4.61. The molecule has 0 aliphatic heterocycles. The molecule has 0 spiro atoms. The van der Waals surface area contributed by atoms with Crippen molar-refractivity contribution in [1.29, 1.82) is 0 Å². The zero-order valence-corrected chi connectivity index (χ0v) is 8.67. The van der Waals surface area contributed by atoms with E-state index in [4.69, 9.17) is 11.6 Å². The Bertz CT molecular complexity index is 299. The van der Waals surface area contributed by atoms with Gasteiger partial charge in [-0.05, 0) is 24.6 Å². The van der Waals surface area contributed by atoms with Crippen molar-refractivity contribution in [3.8, 4) is 0 Å². The van der Waals surface area contributed by atoms with Crippen LogP contribution in [0.15, 0.2) is 24.3 Å². The van der Waals surface area contributed by atoms with Crippen molar-refractivity contribution in [2.24, 2.45) is 11.6 Å². The topological polar surface area (TPSA) is 81.1 Å². The Morgan fingerprint density at radius 2 is 1.86 bits per heavy atom. The number of nitrogens with two attached hydrogens (primary N) is 2. The molecule has 5 heteroatoms. The van der Waals surface area contributed by atoms with Gasteiger partial charge in [-0.1, -0.05) is 12.1 Å². The van der Waals surface area contributed by atoms with Gasteiger partial charge in [-0.3, -0.25) is 10.6 Å². The molecule has 78 valence electrons. The highest BCUT2D eigenvalue weighted by Gasteiger charge is 2.10. The molecule has 1 aromatic rings. The van der Waals surface area contributed by atoms with E-state index >= 15 is 0 Å². The zero-order chi connectivity index (χ0) is 9.84. The van der Waals surface area contributed by atoms with E-state index in [1.54, 1.807) is 19.1 Å². The Hall–Kier alpha value is -1.26. The number of benzene rings is 1. The second-order valence-electron chi connectivity index (χ2n) is 2.89. The predicted molar refractivity (Wildman–Crippen MR) is 59.1 cm³/mol. The fourth-order valence-electron chi connectivity index (χ4n) is 1.03. The van der Waals surface area contributed by atoms with Crippen molar-refractivity contribution in [3.63, 3.8) is 0 Å². The summed E-state index contributed by atoms with van der Waals surface area (Å²) in [6.07, 6.45) is 0. The molecule has 1 rings (SSSR count). The maximum atomic E-state index is 10.8. The Balaban J connectivity index is 0.00000169. The Morgan fingerprint density at radius 3 is 2.21 bits per heavy atom. The highest BCUT2D eigenvalue weighted by Crippen LogP contribution is 2.16. The van der Waals surface area contributed by atoms with E-state index in [9.17, 15) is 4.79 Å². The van der Waals surface area contributed by atoms with Crippen molar-refractivity contribution >= 4 is 24.0 Å². The smallest absolute Gasteiger partial charge is 0.224 e. The monoisotopic (exact) mass is 215 g/mol. The minimum atomic E-state index is -0.326. The van der Waals surface area contributed by atoms with Crippen LogP contribution in [0.1, 0.15) is 18.4 Å². The van der Waals surface area contributed by atoms with Gasteiger partial charge in [0, 0.05) is 5.69 Å². The van der Waals surface area contributed by atoms with Crippen LogP contribution in [0, 0.1) is 0 Å². The number of nitrogen functional groups attached to an aromatic ring is 1. The van der Waals surface area contributed by atoms with Crippen LogP contribution in [-0.4, -0.2) is 5.91 Å². The van der Waals surface area contributed by atoms with E-state index in [1.165, 1.54) is 0 Å². The summed E-state index contributed by atoms with van der Waals surface area (Å²) in [4.78, 5) is 10.8. The summed E-state index contributed by atoms with van der Waals surface area (Å²) < 4.78 is 0. The third-order valence-electron chi connectivity index (χ3n) is 2.00. The molecule has 0 saturated heterocycles. The van der Waals surface area contributed by atoms with Gasteiger partial charge >= 0.3 is 0 Å². The molecule has 1 atom stereocenters. The van der Waals surface area contributed by atoms with E-state index in [-0.39, 0.29) is 24.2 Å². The average molecular weight is 216 g/mol. The summed E-state index contributed by atoms with van der Waals surface area (Å²) in [5, 5.41) is 0. The van der Waals surface area contributed by atoms with Crippen LogP contribution >= 0.6 is 12.4 Å². The highest BCUT2D eigenvalue weighted by molar-refractivity contribution is 5.85. The fraction of sp³-hybridized carbons (Fsp3) is 0.222. The second kappa shape index (κ2) is 5.47. The van der Waals surface area contributed by atoms with E-state index in [0.717, 1.165) is 11.3 Å². The Morgan fingerprint density at radius 1 is 1.36 bits per heavy atom. The summed E-state index contributed by atoms with van der Waals surface area (Å²) >= 11 is 0. The van der Waals surface area contributed by atoms with Crippen LogP contribution in [0.2, 0.25) is 0 Å². The van der Waals surface area contributed by atoms with E-state index < -0.39 is 0 Å². The van der Waals surface area contributed by atoms with Gasteiger partial charge in [-0.2, -0.15) is 0 Å². The minimum Gasteiger partial charge on any atom is -0.369 e. The zero-order valence-electron chi connectivity index (χ0n) is 7.86. The van der Waals surface area contributed by atoms with Gasteiger partial charge in [0.1, 0.15) is 0 Å². The molecule has 0 aliphatic carbocycles. The van der Waals surface area contributed by atoms with Gasteiger partial charge in [0.05, 0.1) is 5.92 Å². The molecular formula is C9H14ClN3O. The molecule has 0 radical (unpaired) electrons. The summed E-state index contributed by atoms with van der Waals surface area (Å²) in [6, 6.07) is 7.25. The molecule has 0 saturated carbocycles. The van der Waals surface area contributed by atoms with Crippen LogP contribution < -0.4 is 17.0 Å². The predicted octanol–water partition coefficient (Wildman–Crippen LogP) is 0.983. The lowest BCUT2D eigenvalue weighted by Crippen LogP contribution is -2.18. The molecule has 4 nitrogen and oxygen atoms in total. The molecule has 1 amide bonds. The maximum Gasteiger partial charge on any atom is 0.224 e. The number of primary amides is 1. The highest BCUT2D eigenvalue weighted by atomic mass is 35.5. The van der Waals surface area contributed by atoms with Crippen LogP contribution in [0.25, 0.3) is 0 Å². The largest absolute Gasteiger partial charge is 0.369 e. The van der Waals surface area contributed by atoms with E-state index in [2.05, 4.69) is 5.43 Å². The second-order valence-corrected chi connectivity index (χ2v) is 2.89. The van der Waals surface area contributed by atoms with Crippen molar-refractivity contribution < 1.29 is 4.79 Å². The normalized spacial score (nSPS) is 11.3. The number of hydrazine groups is 1. The molecular weight excluding hydrogens is 202 g/mol. The van der Waals surface area contributed by atoms with Gasteiger partial charge < -0.3 is 11.2 Å². The molecule has 0 heterocycles. The first-order chi connectivity index (χ1) is 6.15. The van der Waals surface area contributed by atoms with E-state index in [1.807, 2.05) is 12.1 Å². The van der Waals surface area contributed by atoms with Gasteiger partial charge in [0.15, 0.2) is 0 Å². The summed E-state index contributed by atoms with van der Waals surface area (Å²) in [7, 11) is 0. The van der Waals surface area contributed by atoms with Crippen molar-refractivity contribution in [2.75, 3.05) is 5.43 Å². The number of nitrogens with one attached hydrogen (secondary N) is 1. The molecule has 0 aliphatic rings. The fourth-order valence-corrected chi connectivity index (χ4v) is 1.03.